The van der Waals surface area contributed by atoms with Gasteiger partial charge in [-0.1, -0.05) is 47.2 Å². The minimum atomic E-state index is -0.741. The number of nitrogens with zero attached hydrogens (tertiary/aromatic N) is 1. The maximum atomic E-state index is 10.9. The van der Waals surface area contributed by atoms with E-state index in [1.165, 1.54) is 11.1 Å². The zero-order chi connectivity index (χ0) is 19.0. The number of hydrogen-bond donors (Lipinski definition) is 1. The van der Waals surface area contributed by atoms with E-state index in [-0.39, 0.29) is 11.8 Å². The first-order chi connectivity index (χ1) is 13.0. The fourth-order valence-electron chi connectivity index (χ4n) is 3.84. The van der Waals surface area contributed by atoms with Gasteiger partial charge in [0.2, 0.25) is 0 Å². The van der Waals surface area contributed by atoms with E-state index < -0.39 is 5.97 Å². The summed E-state index contributed by atoms with van der Waals surface area (Å²) < 4.78 is 0. The highest BCUT2D eigenvalue weighted by Gasteiger charge is 2.48. The highest BCUT2D eigenvalue weighted by atomic mass is 35.5. The van der Waals surface area contributed by atoms with Gasteiger partial charge in [0.1, 0.15) is 0 Å². The summed E-state index contributed by atoms with van der Waals surface area (Å²) in [6, 6.07) is 11.7. The number of rotatable bonds is 3. The number of carbonyl (C=O) groups is 1. The zero-order valence-corrected chi connectivity index (χ0v) is 16.3. The Bertz CT molecular complexity index is 950. The van der Waals surface area contributed by atoms with Gasteiger partial charge < -0.3 is 5.11 Å². The van der Waals surface area contributed by atoms with Crippen LogP contribution in [0.3, 0.4) is 0 Å². The summed E-state index contributed by atoms with van der Waals surface area (Å²) in [7, 11) is 0. The van der Waals surface area contributed by atoms with Crippen LogP contribution in [-0.4, -0.2) is 29.1 Å². The Hall–Kier alpha value is -1.99. The van der Waals surface area contributed by atoms with Crippen molar-refractivity contribution in [3.63, 3.8) is 0 Å². The third-order valence-electron chi connectivity index (χ3n) is 5.39. The van der Waals surface area contributed by atoms with Crippen LogP contribution in [0.5, 0.6) is 0 Å². The van der Waals surface area contributed by atoms with Crippen LogP contribution in [0.1, 0.15) is 41.5 Å². The molecule has 1 aliphatic heterocycles. The lowest BCUT2D eigenvalue weighted by Gasteiger charge is -2.35. The van der Waals surface area contributed by atoms with Crippen molar-refractivity contribution < 1.29 is 9.90 Å². The van der Waals surface area contributed by atoms with Gasteiger partial charge in [0.05, 0.1) is 22.0 Å². The van der Waals surface area contributed by atoms with E-state index >= 15 is 0 Å². The average molecular weight is 400 g/mol. The lowest BCUT2D eigenvalue weighted by Crippen LogP contribution is -2.39. The molecule has 4 rings (SSSR count). The summed E-state index contributed by atoms with van der Waals surface area (Å²) in [5.74, 6) is 5.56. The molecule has 0 unspecified atom stereocenters. The molecule has 2 aliphatic rings. The number of carboxylic acids is 1. The maximum absolute atomic E-state index is 10.9. The van der Waals surface area contributed by atoms with Crippen LogP contribution in [0.15, 0.2) is 36.4 Å². The Morgan fingerprint density at radius 2 is 1.89 bits per heavy atom. The first-order valence-corrected chi connectivity index (χ1v) is 9.76. The molecule has 1 aliphatic carbocycles. The van der Waals surface area contributed by atoms with Gasteiger partial charge in [-0.3, -0.25) is 9.69 Å². The van der Waals surface area contributed by atoms with Crippen LogP contribution < -0.4 is 0 Å². The number of fused-ring (bicyclic) bond motifs is 2. The second-order valence-corrected chi connectivity index (χ2v) is 8.17. The molecule has 0 aromatic heterocycles. The van der Waals surface area contributed by atoms with Crippen LogP contribution in [0, 0.1) is 11.8 Å². The number of aliphatic carboxylic acids is 1. The molecule has 0 saturated heterocycles. The van der Waals surface area contributed by atoms with Crippen LogP contribution in [0.2, 0.25) is 10.0 Å². The SMILES string of the molecule is O=C(O)CCN1Cc2ccc(C#Cc3c(Cl)cccc3Cl)cc2C2(CC2)C1. The highest BCUT2D eigenvalue weighted by molar-refractivity contribution is 6.36. The van der Waals surface area contributed by atoms with Crippen molar-refractivity contribution in [2.75, 3.05) is 13.1 Å². The van der Waals surface area contributed by atoms with Crippen molar-refractivity contribution in [2.24, 2.45) is 0 Å². The van der Waals surface area contributed by atoms with E-state index in [0.717, 1.165) is 31.5 Å². The summed E-state index contributed by atoms with van der Waals surface area (Å²) in [5, 5.41) is 10.1. The minimum Gasteiger partial charge on any atom is -0.481 e. The van der Waals surface area contributed by atoms with Gasteiger partial charge in [-0.2, -0.15) is 0 Å². The summed E-state index contributed by atoms with van der Waals surface area (Å²) in [4.78, 5) is 13.1. The van der Waals surface area contributed by atoms with Gasteiger partial charge in [-0.15, -0.1) is 0 Å². The third kappa shape index (κ3) is 3.84. The molecule has 3 nitrogen and oxygen atoms in total. The summed E-state index contributed by atoms with van der Waals surface area (Å²) in [6.07, 6.45) is 2.49. The fraction of sp³-hybridized carbons (Fsp3) is 0.318. The van der Waals surface area contributed by atoms with Crippen LogP contribution in [-0.2, 0) is 16.8 Å². The second-order valence-electron chi connectivity index (χ2n) is 7.35. The molecule has 1 fully saturated rings. The molecule has 0 atom stereocenters. The van der Waals surface area contributed by atoms with Gasteiger partial charge in [0.25, 0.3) is 0 Å². The summed E-state index contributed by atoms with van der Waals surface area (Å²) in [6.45, 7) is 2.33. The minimum absolute atomic E-state index is 0.172. The van der Waals surface area contributed by atoms with Gasteiger partial charge >= 0.3 is 5.97 Å². The van der Waals surface area contributed by atoms with Crippen LogP contribution in [0.25, 0.3) is 0 Å². The van der Waals surface area contributed by atoms with E-state index in [2.05, 4.69) is 28.9 Å². The van der Waals surface area contributed by atoms with Crippen molar-refractivity contribution in [1.29, 1.82) is 0 Å². The molecule has 0 radical (unpaired) electrons. The van der Waals surface area contributed by atoms with Gasteiger partial charge in [-0.05, 0) is 48.2 Å². The Kier molecular flexibility index (Phi) is 4.90. The molecular formula is C22H19Cl2NO2. The first-order valence-electron chi connectivity index (χ1n) is 9.00. The lowest BCUT2D eigenvalue weighted by molar-refractivity contribution is -0.137. The highest BCUT2D eigenvalue weighted by Crippen LogP contribution is 2.52. The van der Waals surface area contributed by atoms with Crippen molar-refractivity contribution >= 4 is 29.2 Å². The largest absolute Gasteiger partial charge is 0.481 e. The van der Waals surface area contributed by atoms with E-state index in [4.69, 9.17) is 28.3 Å². The van der Waals surface area contributed by atoms with Crippen molar-refractivity contribution in [3.8, 4) is 11.8 Å². The van der Waals surface area contributed by atoms with Gasteiger partial charge in [0.15, 0.2) is 0 Å². The average Bonchev–Trinajstić information content (AvgIpc) is 3.40. The van der Waals surface area contributed by atoms with E-state index in [9.17, 15) is 4.79 Å². The maximum Gasteiger partial charge on any atom is 0.304 e. The number of halogens is 2. The summed E-state index contributed by atoms with van der Waals surface area (Å²) in [5.41, 5.74) is 4.43. The molecule has 5 heteroatoms. The number of hydrogen-bond acceptors (Lipinski definition) is 2. The van der Waals surface area contributed by atoms with Crippen molar-refractivity contribution in [2.45, 2.75) is 31.2 Å². The normalized spacial score (nSPS) is 17.1. The molecule has 2 aromatic carbocycles. The molecule has 1 heterocycles. The van der Waals surface area contributed by atoms with Crippen molar-refractivity contribution in [1.82, 2.24) is 4.90 Å². The van der Waals surface area contributed by atoms with Crippen molar-refractivity contribution in [3.05, 3.63) is 68.7 Å². The van der Waals surface area contributed by atoms with Crippen LogP contribution >= 0.6 is 23.2 Å². The second kappa shape index (κ2) is 7.20. The van der Waals surface area contributed by atoms with Gasteiger partial charge in [-0.25, -0.2) is 0 Å². The molecule has 27 heavy (non-hydrogen) atoms. The predicted molar refractivity (Wildman–Crippen MR) is 107 cm³/mol. The first kappa shape index (κ1) is 18.4. The molecular weight excluding hydrogens is 381 g/mol. The number of carboxylic acid groups (broad SMARTS) is 1. The summed E-state index contributed by atoms with van der Waals surface area (Å²) >= 11 is 12.4. The standard InChI is InChI=1S/C22H19Cl2NO2/c23-19-2-1-3-20(24)17(19)7-5-15-4-6-16-13-25(11-8-21(26)27)14-22(9-10-22)18(16)12-15/h1-4,6,12H,8-11,13-14H2,(H,26,27). The molecule has 138 valence electrons. The molecule has 0 amide bonds. The molecule has 2 aromatic rings. The van der Waals surface area contributed by atoms with E-state index in [1.807, 2.05) is 12.1 Å². The topological polar surface area (TPSA) is 40.5 Å². The smallest absolute Gasteiger partial charge is 0.304 e. The molecule has 1 spiro atoms. The Balaban J connectivity index is 1.60. The number of benzene rings is 2. The zero-order valence-electron chi connectivity index (χ0n) is 14.8. The lowest BCUT2D eigenvalue weighted by atomic mass is 9.85. The molecule has 1 N–H and O–H groups in total. The molecule has 1 saturated carbocycles. The molecule has 0 bridgehead atoms. The quantitative estimate of drug-likeness (QED) is 0.759. The Morgan fingerprint density at radius 1 is 1.15 bits per heavy atom. The third-order valence-corrected chi connectivity index (χ3v) is 6.02. The Morgan fingerprint density at radius 3 is 2.56 bits per heavy atom. The van der Waals surface area contributed by atoms with Gasteiger partial charge in [0, 0.05) is 30.6 Å². The van der Waals surface area contributed by atoms with E-state index in [1.54, 1.807) is 12.1 Å². The van der Waals surface area contributed by atoms with E-state index in [0.29, 0.717) is 22.2 Å². The fourth-order valence-corrected chi connectivity index (χ4v) is 4.33. The van der Waals surface area contributed by atoms with Crippen LogP contribution in [0.4, 0.5) is 0 Å². The predicted octanol–water partition coefficient (Wildman–Crippen LogP) is 4.72. The monoisotopic (exact) mass is 399 g/mol. The Labute approximate surface area is 168 Å².